The van der Waals surface area contributed by atoms with Crippen molar-refractivity contribution in [2.75, 3.05) is 26.0 Å². The molecule has 0 aromatic heterocycles. The average Bonchev–Trinajstić information content (AvgIpc) is 3.26. The molecule has 8 heteroatoms. The van der Waals surface area contributed by atoms with E-state index in [2.05, 4.69) is 10.1 Å². The van der Waals surface area contributed by atoms with Gasteiger partial charge in [0.2, 0.25) is 15.9 Å². The Morgan fingerprint density at radius 1 is 1.36 bits per heavy atom. The van der Waals surface area contributed by atoms with Gasteiger partial charge in [0.15, 0.2) is 0 Å². The van der Waals surface area contributed by atoms with Crippen LogP contribution in [0.4, 0.5) is 0 Å². The molecule has 7 nitrogen and oxygen atoms in total. The molecule has 0 aromatic rings. The first-order valence-corrected chi connectivity index (χ1v) is 9.29. The zero-order valence-corrected chi connectivity index (χ0v) is 13.9. The summed E-state index contributed by atoms with van der Waals surface area (Å²) in [4.78, 5) is 23.8. The molecule has 0 radical (unpaired) electrons. The quantitative estimate of drug-likeness (QED) is 0.704. The minimum atomic E-state index is -3.26. The number of esters is 1. The van der Waals surface area contributed by atoms with Crippen LogP contribution in [-0.4, -0.2) is 56.1 Å². The molecule has 1 aliphatic heterocycles. The maximum absolute atomic E-state index is 12.4. The third-order valence-electron chi connectivity index (χ3n) is 4.47. The second kappa shape index (κ2) is 6.54. The summed E-state index contributed by atoms with van der Waals surface area (Å²) < 4.78 is 29.9. The van der Waals surface area contributed by atoms with Crippen LogP contribution in [0.1, 0.15) is 39.0 Å². The Bertz CT molecular complexity index is 541. The summed E-state index contributed by atoms with van der Waals surface area (Å²) in [5.41, 5.74) is -0.476. The Morgan fingerprint density at radius 3 is 2.59 bits per heavy atom. The van der Waals surface area contributed by atoms with Crippen molar-refractivity contribution in [2.24, 2.45) is 5.92 Å². The molecule has 126 valence electrons. The summed E-state index contributed by atoms with van der Waals surface area (Å²) in [7, 11) is -1.93. The van der Waals surface area contributed by atoms with Crippen molar-refractivity contribution in [3.63, 3.8) is 0 Å². The van der Waals surface area contributed by atoms with E-state index < -0.39 is 15.6 Å². The maximum atomic E-state index is 12.4. The van der Waals surface area contributed by atoms with E-state index in [1.165, 1.54) is 11.4 Å². The third kappa shape index (κ3) is 3.98. The molecule has 22 heavy (non-hydrogen) atoms. The smallest absolute Gasteiger partial charge is 0.307 e. The minimum Gasteiger partial charge on any atom is -0.469 e. The fourth-order valence-electron chi connectivity index (χ4n) is 2.80. The fourth-order valence-corrected chi connectivity index (χ4v) is 3.98. The lowest BCUT2D eigenvalue weighted by atomic mass is 9.98. The van der Waals surface area contributed by atoms with Crippen molar-refractivity contribution in [3.8, 4) is 0 Å². The van der Waals surface area contributed by atoms with Gasteiger partial charge in [-0.05, 0) is 32.6 Å². The van der Waals surface area contributed by atoms with Crippen molar-refractivity contribution < 1.29 is 22.7 Å². The first kappa shape index (κ1) is 17.2. The Balaban J connectivity index is 1.94. The van der Waals surface area contributed by atoms with Crippen LogP contribution in [0.15, 0.2) is 0 Å². The van der Waals surface area contributed by atoms with E-state index in [1.54, 1.807) is 6.92 Å². The molecule has 0 bridgehead atoms. The van der Waals surface area contributed by atoms with E-state index in [4.69, 9.17) is 0 Å². The maximum Gasteiger partial charge on any atom is 0.307 e. The number of carbonyl (C=O) groups excluding carboxylic acids is 2. The van der Waals surface area contributed by atoms with Crippen molar-refractivity contribution >= 4 is 21.9 Å². The van der Waals surface area contributed by atoms with Crippen molar-refractivity contribution in [1.82, 2.24) is 9.62 Å². The highest BCUT2D eigenvalue weighted by molar-refractivity contribution is 7.89. The standard InChI is InChI=1S/C14H24N2O5S/c1-3-22(19,20)16-8-4-5-11(10-16)13(18)15-14(6-7-14)9-12(17)21-2/h11H,3-10H2,1-2H3,(H,15,18). The van der Waals surface area contributed by atoms with Gasteiger partial charge in [0.25, 0.3) is 0 Å². The van der Waals surface area contributed by atoms with E-state index in [1.807, 2.05) is 0 Å². The molecule has 0 aromatic carbocycles. The first-order chi connectivity index (χ1) is 10.3. The molecular weight excluding hydrogens is 308 g/mol. The van der Waals surface area contributed by atoms with Crippen LogP contribution in [0.25, 0.3) is 0 Å². The number of piperidine rings is 1. The van der Waals surface area contributed by atoms with E-state index in [0.29, 0.717) is 19.4 Å². The Morgan fingerprint density at radius 2 is 2.05 bits per heavy atom. The Labute approximate surface area is 131 Å². The summed E-state index contributed by atoms with van der Waals surface area (Å²) in [6.07, 6.45) is 3.06. The van der Waals surface area contributed by atoms with Crippen LogP contribution in [0, 0.1) is 5.92 Å². The van der Waals surface area contributed by atoms with Gasteiger partial charge >= 0.3 is 5.97 Å². The number of nitrogens with one attached hydrogen (secondary N) is 1. The highest BCUT2D eigenvalue weighted by Gasteiger charge is 2.47. The number of methoxy groups -OCH3 is 1. The monoisotopic (exact) mass is 332 g/mol. The molecule has 2 rings (SSSR count). The second-order valence-electron chi connectivity index (χ2n) is 6.12. The number of hydrogen-bond acceptors (Lipinski definition) is 5. The predicted molar refractivity (Wildman–Crippen MR) is 80.5 cm³/mol. The molecule has 0 spiro atoms. The van der Waals surface area contributed by atoms with Gasteiger partial charge in [-0.3, -0.25) is 9.59 Å². The number of amides is 1. The van der Waals surface area contributed by atoms with Crippen LogP contribution in [0.3, 0.4) is 0 Å². The summed E-state index contributed by atoms with van der Waals surface area (Å²) in [6, 6.07) is 0. The average molecular weight is 332 g/mol. The SMILES string of the molecule is CCS(=O)(=O)N1CCCC(C(=O)NC2(CC(=O)OC)CC2)C1. The van der Waals surface area contributed by atoms with Gasteiger partial charge in [-0.25, -0.2) is 12.7 Å². The summed E-state index contributed by atoms with van der Waals surface area (Å²) in [5, 5.41) is 2.93. The van der Waals surface area contributed by atoms with Crippen molar-refractivity contribution in [2.45, 2.75) is 44.6 Å². The summed E-state index contributed by atoms with van der Waals surface area (Å²) >= 11 is 0. The first-order valence-electron chi connectivity index (χ1n) is 7.68. The molecule has 1 atom stereocenters. The Hall–Kier alpha value is -1.15. The van der Waals surface area contributed by atoms with Crippen molar-refractivity contribution in [1.29, 1.82) is 0 Å². The highest BCUT2D eigenvalue weighted by Crippen LogP contribution is 2.39. The molecular formula is C14H24N2O5S. The van der Waals surface area contributed by atoms with E-state index in [-0.39, 0.29) is 36.5 Å². The van der Waals surface area contributed by atoms with Crippen molar-refractivity contribution in [3.05, 3.63) is 0 Å². The molecule has 1 saturated carbocycles. The highest BCUT2D eigenvalue weighted by atomic mass is 32.2. The largest absolute Gasteiger partial charge is 0.469 e. The van der Waals surface area contributed by atoms with Crippen LogP contribution >= 0.6 is 0 Å². The second-order valence-corrected chi connectivity index (χ2v) is 8.38. The van der Waals surface area contributed by atoms with Gasteiger partial charge in [0.1, 0.15) is 0 Å². The minimum absolute atomic E-state index is 0.0492. The van der Waals surface area contributed by atoms with Crippen LogP contribution in [-0.2, 0) is 24.3 Å². The Kier molecular flexibility index (Phi) is 5.11. The normalized spacial score (nSPS) is 24.5. The van der Waals surface area contributed by atoms with E-state index in [9.17, 15) is 18.0 Å². The predicted octanol–water partition coefficient (Wildman–Crippen LogP) is 0.260. The number of ether oxygens (including phenoxy) is 1. The molecule has 1 saturated heterocycles. The molecule has 1 amide bonds. The number of carbonyl (C=O) groups is 2. The summed E-state index contributed by atoms with van der Waals surface area (Å²) in [5.74, 6) is -0.785. The lowest BCUT2D eigenvalue weighted by Gasteiger charge is -2.31. The van der Waals surface area contributed by atoms with Crippen LogP contribution in [0.2, 0.25) is 0 Å². The lowest BCUT2D eigenvalue weighted by molar-refractivity contribution is -0.141. The van der Waals surface area contributed by atoms with Crippen LogP contribution < -0.4 is 5.32 Å². The third-order valence-corrected chi connectivity index (χ3v) is 6.31. The zero-order valence-electron chi connectivity index (χ0n) is 13.1. The lowest BCUT2D eigenvalue weighted by Crippen LogP contribution is -2.49. The van der Waals surface area contributed by atoms with Gasteiger partial charge in [0, 0.05) is 13.1 Å². The number of nitrogens with zero attached hydrogens (tertiary/aromatic N) is 1. The molecule has 1 unspecified atom stereocenters. The van der Waals surface area contributed by atoms with Gasteiger partial charge in [-0.2, -0.15) is 0 Å². The van der Waals surface area contributed by atoms with E-state index >= 15 is 0 Å². The topological polar surface area (TPSA) is 92.8 Å². The van der Waals surface area contributed by atoms with Gasteiger partial charge in [-0.15, -0.1) is 0 Å². The molecule has 2 aliphatic rings. The van der Waals surface area contributed by atoms with Gasteiger partial charge in [0.05, 0.1) is 30.7 Å². The number of sulfonamides is 1. The molecule has 2 fully saturated rings. The van der Waals surface area contributed by atoms with E-state index in [0.717, 1.165) is 12.8 Å². The van der Waals surface area contributed by atoms with Crippen LogP contribution in [0.5, 0.6) is 0 Å². The van der Waals surface area contributed by atoms with Gasteiger partial charge in [-0.1, -0.05) is 0 Å². The number of hydrogen-bond donors (Lipinski definition) is 1. The van der Waals surface area contributed by atoms with Gasteiger partial charge < -0.3 is 10.1 Å². The molecule has 1 N–H and O–H groups in total. The molecule has 1 aliphatic carbocycles. The number of rotatable bonds is 6. The fraction of sp³-hybridized carbons (Fsp3) is 0.857. The summed E-state index contributed by atoms with van der Waals surface area (Å²) in [6.45, 7) is 2.32. The molecule has 1 heterocycles. The zero-order chi connectivity index (χ0) is 16.4.